The smallest absolute Gasteiger partial charge is 0.0949 e. The first-order valence-electron chi connectivity index (χ1n) is 5.39. The van der Waals surface area contributed by atoms with Crippen molar-refractivity contribution in [1.29, 1.82) is 0 Å². The van der Waals surface area contributed by atoms with Gasteiger partial charge in [-0.05, 0) is 12.1 Å². The topological polar surface area (TPSA) is 35.6 Å². The Morgan fingerprint density at radius 3 is 1.82 bits per heavy atom. The molecule has 0 N–H and O–H groups in total. The number of rotatable bonds is 4. The van der Waals surface area contributed by atoms with E-state index in [9.17, 15) is 0 Å². The van der Waals surface area contributed by atoms with E-state index in [1.807, 2.05) is 36.4 Å². The highest BCUT2D eigenvalue weighted by Gasteiger charge is 2.01. The Bertz CT molecular complexity index is 515. The van der Waals surface area contributed by atoms with Crippen LogP contribution in [0.3, 0.4) is 0 Å². The van der Waals surface area contributed by atoms with Gasteiger partial charge in [0.15, 0.2) is 0 Å². The Kier molecular flexibility index (Phi) is 2.75. The normalized spacial score (nSPS) is 10.8. The molecule has 0 fully saturated rings. The van der Waals surface area contributed by atoms with E-state index in [1.54, 1.807) is 12.4 Å². The van der Waals surface area contributed by atoms with Crippen LogP contribution in [-0.4, -0.2) is 19.1 Å². The number of imidazole rings is 2. The predicted molar refractivity (Wildman–Crippen MR) is 67.0 cm³/mol. The van der Waals surface area contributed by atoms with Crippen LogP contribution >= 0.6 is 11.3 Å². The van der Waals surface area contributed by atoms with Gasteiger partial charge in [0.05, 0.1) is 25.7 Å². The average molecular weight is 244 g/mol. The van der Waals surface area contributed by atoms with Gasteiger partial charge in [0, 0.05) is 34.5 Å². The minimum Gasteiger partial charge on any atom is -0.332 e. The Morgan fingerprint density at radius 1 is 0.882 bits per heavy atom. The minimum absolute atomic E-state index is 0.897. The Morgan fingerprint density at radius 2 is 1.41 bits per heavy atom. The SMILES string of the molecule is c1cn(Cc2ccc(Cn3ccnc3)s2)cn1. The summed E-state index contributed by atoms with van der Waals surface area (Å²) < 4.78 is 4.15. The molecule has 0 saturated carbocycles. The number of nitrogens with zero attached hydrogens (tertiary/aromatic N) is 4. The molecule has 17 heavy (non-hydrogen) atoms. The summed E-state index contributed by atoms with van der Waals surface area (Å²) in [7, 11) is 0. The van der Waals surface area contributed by atoms with Crippen LogP contribution in [0.15, 0.2) is 49.6 Å². The molecule has 3 rings (SSSR count). The number of hydrogen-bond acceptors (Lipinski definition) is 3. The van der Waals surface area contributed by atoms with E-state index in [1.165, 1.54) is 9.75 Å². The van der Waals surface area contributed by atoms with Crippen molar-refractivity contribution in [3.8, 4) is 0 Å². The number of aromatic nitrogens is 4. The summed E-state index contributed by atoms with van der Waals surface area (Å²) in [6, 6.07) is 4.36. The molecule has 0 radical (unpaired) electrons. The van der Waals surface area contributed by atoms with Gasteiger partial charge in [-0.2, -0.15) is 0 Å². The molecule has 0 aromatic carbocycles. The number of hydrogen-bond donors (Lipinski definition) is 0. The Hall–Kier alpha value is -1.88. The first-order chi connectivity index (χ1) is 8.40. The van der Waals surface area contributed by atoms with Crippen LogP contribution < -0.4 is 0 Å². The lowest BCUT2D eigenvalue weighted by Crippen LogP contribution is -1.94. The maximum absolute atomic E-state index is 4.04. The van der Waals surface area contributed by atoms with E-state index >= 15 is 0 Å². The molecule has 3 aromatic rings. The molecule has 0 saturated heterocycles. The fourth-order valence-electron chi connectivity index (χ4n) is 1.71. The van der Waals surface area contributed by atoms with Crippen molar-refractivity contribution in [3.05, 3.63) is 59.3 Å². The molecule has 3 heterocycles. The number of thiophene rings is 1. The highest BCUT2D eigenvalue weighted by atomic mass is 32.1. The second-order valence-corrected chi connectivity index (χ2v) is 5.09. The zero-order valence-corrected chi connectivity index (χ0v) is 10.0. The Labute approximate surface area is 103 Å². The molecule has 0 aliphatic carbocycles. The first kappa shape index (κ1) is 10.3. The van der Waals surface area contributed by atoms with Crippen molar-refractivity contribution < 1.29 is 0 Å². The van der Waals surface area contributed by atoms with E-state index < -0.39 is 0 Å². The van der Waals surface area contributed by atoms with Gasteiger partial charge in [0.25, 0.3) is 0 Å². The maximum Gasteiger partial charge on any atom is 0.0949 e. The van der Waals surface area contributed by atoms with Crippen molar-refractivity contribution in [2.24, 2.45) is 0 Å². The van der Waals surface area contributed by atoms with Crippen molar-refractivity contribution in [3.63, 3.8) is 0 Å². The second kappa shape index (κ2) is 4.55. The third-order valence-electron chi connectivity index (χ3n) is 2.51. The lowest BCUT2D eigenvalue weighted by molar-refractivity contribution is 0.809. The maximum atomic E-state index is 4.04. The van der Waals surface area contributed by atoms with Gasteiger partial charge in [-0.3, -0.25) is 0 Å². The summed E-state index contributed by atoms with van der Waals surface area (Å²) in [5, 5.41) is 0. The summed E-state index contributed by atoms with van der Waals surface area (Å²) in [6.07, 6.45) is 11.3. The van der Waals surface area contributed by atoms with Crippen LogP contribution in [-0.2, 0) is 13.1 Å². The zero-order valence-electron chi connectivity index (χ0n) is 9.23. The highest BCUT2D eigenvalue weighted by Crippen LogP contribution is 2.18. The fourth-order valence-corrected chi connectivity index (χ4v) is 2.75. The van der Waals surface area contributed by atoms with Crippen molar-refractivity contribution in [1.82, 2.24) is 19.1 Å². The van der Waals surface area contributed by atoms with Gasteiger partial charge in [0.1, 0.15) is 0 Å². The van der Waals surface area contributed by atoms with Crippen LogP contribution in [0.2, 0.25) is 0 Å². The summed E-state index contributed by atoms with van der Waals surface area (Å²) in [4.78, 5) is 10.8. The molecule has 3 aromatic heterocycles. The summed E-state index contributed by atoms with van der Waals surface area (Å²) in [5.41, 5.74) is 0. The molecular formula is C12H12N4S. The minimum atomic E-state index is 0.897. The molecule has 86 valence electrons. The molecule has 0 spiro atoms. The van der Waals surface area contributed by atoms with E-state index in [0.29, 0.717) is 0 Å². The summed E-state index contributed by atoms with van der Waals surface area (Å²) >= 11 is 1.83. The quantitative estimate of drug-likeness (QED) is 0.705. The van der Waals surface area contributed by atoms with E-state index in [0.717, 1.165) is 13.1 Å². The standard InChI is InChI=1S/C12H12N4S/c1-2-12(8-16-6-4-14-10-16)17-11(1)7-15-5-3-13-9-15/h1-6,9-10H,7-8H2. The monoisotopic (exact) mass is 244 g/mol. The molecule has 0 aliphatic heterocycles. The molecular weight excluding hydrogens is 232 g/mol. The van der Waals surface area contributed by atoms with Gasteiger partial charge < -0.3 is 9.13 Å². The average Bonchev–Trinajstić information content (AvgIpc) is 3.02. The van der Waals surface area contributed by atoms with Gasteiger partial charge in [-0.1, -0.05) is 0 Å². The molecule has 0 bridgehead atoms. The van der Waals surface area contributed by atoms with Gasteiger partial charge in [-0.15, -0.1) is 11.3 Å². The third-order valence-corrected chi connectivity index (χ3v) is 3.57. The fraction of sp³-hybridized carbons (Fsp3) is 0.167. The molecule has 0 unspecified atom stereocenters. The van der Waals surface area contributed by atoms with E-state index in [4.69, 9.17) is 0 Å². The molecule has 4 nitrogen and oxygen atoms in total. The van der Waals surface area contributed by atoms with Gasteiger partial charge in [-0.25, -0.2) is 9.97 Å². The lowest BCUT2D eigenvalue weighted by atomic mass is 10.4. The first-order valence-corrected chi connectivity index (χ1v) is 6.21. The van der Waals surface area contributed by atoms with Gasteiger partial charge in [0.2, 0.25) is 0 Å². The van der Waals surface area contributed by atoms with Gasteiger partial charge >= 0.3 is 0 Å². The second-order valence-electron chi connectivity index (χ2n) is 3.84. The molecule has 5 heteroatoms. The summed E-state index contributed by atoms with van der Waals surface area (Å²) in [6.45, 7) is 1.79. The molecule has 0 amide bonds. The lowest BCUT2D eigenvalue weighted by Gasteiger charge is -1.99. The van der Waals surface area contributed by atoms with E-state index in [2.05, 4.69) is 31.2 Å². The zero-order chi connectivity index (χ0) is 11.5. The third kappa shape index (κ3) is 2.45. The van der Waals surface area contributed by atoms with E-state index in [-0.39, 0.29) is 0 Å². The largest absolute Gasteiger partial charge is 0.332 e. The van der Waals surface area contributed by atoms with Crippen LogP contribution in [0, 0.1) is 0 Å². The Balaban J connectivity index is 1.70. The molecule has 0 aliphatic rings. The van der Waals surface area contributed by atoms with Crippen molar-refractivity contribution in [2.75, 3.05) is 0 Å². The van der Waals surface area contributed by atoms with Crippen LogP contribution in [0.4, 0.5) is 0 Å². The van der Waals surface area contributed by atoms with Crippen LogP contribution in [0.1, 0.15) is 9.75 Å². The van der Waals surface area contributed by atoms with Crippen LogP contribution in [0.5, 0.6) is 0 Å². The predicted octanol–water partition coefficient (Wildman–Crippen LogP) is 2.24. The van der Waals surface area contributed by atoms with Crippen molar-refractivity contribution in [2.45, 2.75) is 13.1 Å². The van der Waals surface area contributed by atoms with Crippen molar-refractivity contribution >= 4 is 11.3 Å². The highest BCUT2D eigenvalue weighted by molar-refractivity contribution is 7.11. The molecule has 0 atom stereocenters. The van der Waals surface area contributed by atoms with Crippen LogP contribution in [0.25, 0.3) is 0 Å². The summed E-state index contributed by atoms with van der Waals surface area (Å²) in [5.74, 6) is 0.